The molecule has 1 fully saturated rings. The molecule has 1 atom stereocenters. The molecule has 1 nitrogen and oxygen atoms in total. The maximum absolute atomic E-state index is 10.4. The van der Waals surface area contributed by atoms with Crippen molar-refractivity contribution >= 4 is 11.3 Å². The molecule has 1 aliphatic carbocycles. The lowest BCUT2D eigenvalue weighted by Crippen LogP contribution is -2.30. The van der Waals surface area contributed by atoms with Crippen molar-refractivity contribution in [3.8, 4) is 0 Å². The summed E-state index contributed by atoms with van der Waals surface area (Å²) in [5.41, 5.74) is 0.495. The lowest BCUT2D eigenvalue weighted by atomic mass is 9.71. The SMILES string of the molecule is CCc1ccc(CC(O)C2CCC(C)(C)CC2)s1. The third-order valence-corrected chi connectivity index (χ3v) is 5.66. The van der Waals surface area contributed by atoms with Crippen molar-refractivity contribution in [2.75, 3.05) is 0 Å². The van der Waals surface area contributed by atoms with Gasteiger partial charge < -0.3 is 5.11 Å². The van der Waals surface area contributed by atoms with E-state index in [2.05, 4.69) is 32.9 Å². The maximum Gasteiger partial charge on any atom is 0.0616 e. The van der Waals surface area contributed by atoms with E-state index in [1.54, 1.807) is 0 Å². The number of aryl methyl sites for hydroxylation is 1. The van der Waals surface area contributed by atoms with Gasteiger partial charge in [0.25, 0.3) is 0 Å². The van der Waals surface area contributed by atoms with E-state index in [1.807, 2.05) is 11.3 Å². The molecule has 2 heteroatoms. The quantitative estimate of drug-likeness (QED) is 0.854. The number of thiophene rings is 1. The number of hydrogen-bond acceptors (Lipinski definition) is 2. The van der Waals surface area contributed by atoms with E-state index in [0.29, 0.717) is 11.3 Å². The smallest absolute Gasteiger partial charge is 0.0616 e. The molecule has 0 bridgehead atoms. The van der Waals surface area contributed by atoms with Crippen LogP contribution < -0.4 is 0 Å². The molecule has 1 saturated carbocycles. The van der Waals surface area contributed by atoms with Crippen LogP contribution in [-0.2, 0) is 12.8 Å². The second-order valence-corrected chi connectivity index (χ2v) is 7.75. The molecule has 0 aromatic carbocycles. The van der Waals surface area contributed by atoms with E-state index in [1.165, 1.54) is 35.4 Å². The van der Waals surface area contributed by atoms with Gasteiger partial charge in [-0.05, 0) is 55.6 Å². The van der Waals surface area contributed by atoms with Gasteiger partial charge in [0.1, 0.15) is 0 Å². The van der Waals surface area contributed by atoms with Crippen LogP contribution in [0.3, 0.4) is 0 Å². The summed E-state index contributed by atoms with van der Waals surface area (Å²) in [4.78, 5) is 2.78. The van der Waals surface area contributed by atoms with Gasteiger partial charge in [0.05, 0.1) is 6.10 Å². The first-order valence-electron chi connectivity index (χ1n) is 7.26. The van der Waals surface area contributed by atoms with Gasteiger partial charge in [-0.15, -0.1) is 11.3 Å². The second-order valence-electron chi connectivity index (χ2n) is 6.49. The molecule has 1 aromatic heterocycles. The first-order chi connectivity index (χ1) is 8.50. The molecule has 1 N–H and O–H groups in total. The first-order valence-corrected chi connectivity index (χ1v) is 8.07. The van der Waals surface area contributed by atoms with Gasteiger partial charge in [0.15, 0.2) is 0 Å². The van der Waals surface area contributed by atoms with Crippen LogP contribution in [0.5, 0.6) is 0 Å². The Morgan fingerprint density at radius 1 is 1.28 bits per heavy atom. The fraction of sp³-hybridized carbons (Fsp3) is 0.750. The summed E-state index contributed by atoms with van der Waals surface area (Å²) in [5, 5.41) is 10.4. The summed E-state index contributed by atoms with van der Waals surface area (Å²) in [6.07, 6.45) is 6.75. The Kier molecular flexibility index (Phi) is 4.50. The highest BCUT2D eigenvalue weighted by molar-refractivity contribution is 7.11. The summed E-state index contributed by atoms with van der Waals surface area (Å²) >= 11 is 1.86. The highest BCUT2D eigenvalue weighted by Crippen LogP contribution is 2.39. The maximum atomic E-state index is 10.4. The van der Waals surface area contributed by atoms with Gasteiger partial charge in [-0.25, -0.2) is 0 Å². The molecule has 0 amide bonds. The molecular weight excluding hydrogens is 240 g/mol. The molecule has 1 aromatic rings. The van der Waals surface area contributed by atoms with Crippen LogP contribution in [0, 0.1) is 11.3 Å². The minimum atomic E-state index is -0.135. The molecule has 0 radical (unpaired) electrons. The molecule has 102 valence electrons. The van der Waals surface area contributed by atoms with E-state index >= 15 is 0 Å². The van der Waals surface area contributed by atoms with Crippen molar-refractivity contribution in [2.45, 2.75) is 65.4 Å². The van der Waals surface area contributed by atoms with Crippen LogP contribution in [-0.4, -0.2) is 11.2 Å². The Labute approximate surface area is 115 Å². The number of hydrogen-bond donors (Lipinski definition) is 1. The molecule has 18 heavy (non-hydrogen) atoms. The van der Waals surface area contributed by atoms with Crippen LogP contribution >= 0.6 is 11.3 Å². The lowest BCUT2D eigenvalue weighted by Gasteiger charge is -2.36. The molecular formula is C16H26OS. The Balaban J connectivity index is 1.86. The average Bonchev–Trinajstić information content (AvgIpc) is 2.76. The second kappa shape index (κ2) is 5.75. The van der Waals surface area contributed by atoms with Crippen molar-refractivity contribution in [1.29, 1.82) is 0 Å². The van der Waals surface area contributed by atoms with E-state index in [4.69, 9.17) is 0 Å². The van der Waals surface area contributed by atoms with Crippen molar-refractivity contribution in [3.63, 3.8) is 0 Å². The third kappa shape index (κ3) is 3.58. The van der Waals surface area contributed by atoms with E-state index < -0.39 is 0 Å². The molecule has 1 heterocycles. The highest BCUT2D eigenvalue weighted by atomic mass is 32.1. The molecule has 0 aliphatic heterocycles. The zero-order chi connectivity index (χ0) is 13.2. The fourth-order valence-electron chi connectivity index (χ4n) is 2.90. The molecule has 2 rings (SSSR count). The molecule has 1 unspecified atom stereocenters. The Morgan fingerprint density at radius 2 is 1.89 bits per heavy atom. The van der Waals surface area contributed by atoms with Crippen LogP contribution in [0.15, 0.2) is 12.1 Å². The van der Waals surface area contributed by atoms with E-state index in [0.717, 1.165) is 12.8 Å². The van der Waals surface area contributed by atoms with Gasteiger partial charge in [0.2, 0.25) is 0 Å². The zero-order valence-corrected chi connectivity index (χ0v) is 12.7. The van der Waals surface area contributed by atoms with Crippen LogP contribution in [0.1, 0.15) is 56.2 Å². The van der Waals surface area contributed by atoms with Crippen molar-refractivity contribution in [1.82, 2.24) is 0 Å². The first kappa shape index (κ1) is 14.1. The summed E-state index contributed by atoms with van der Waals surface area (Å²) in [6, 6.07) is 4.40. The Bertz CT molecular complexity index is 370. The third-order valence-electron chi connectivity index (χ3n) is 4.40. The standard InChI is InChI=1S/C16H26OS/c1-4-13-5-6-14(18-13)11-15(17)12-7-9-16(2,3)10-8-12/h5-6,12,15,17H,4,7-11H2,1-3H3. The van der Waals surface area contributed by atoms with E-state index in [-0.39, 0.29) is 6.10 Å². The largest absolute Gasteiger partial charge is 0.392 e. The van der Waals surface area contributed by atoms with Gasteiger partial charge >= 0.3 is 0 Å². The van der Waals surface area contributed by atoms with Gasteiger partial charge in [-0.1, -0.05) is 20.8 Å². The Hall–Kier alpha value is -0.340. The van der Waals surface area contributed by atoms with Crippen molar-refractivity contribution < 1.29 is 5.11 Å². The predicted molar refractivity (Wildman–Crippen MR) is 79.1 cm³/mol. The highest BCUT2D eigenvalue weighted by Gasteiger charge is 2.30. The average molecular weight is 266 g/mol. The van der Waals surface area contributed by atoms with Crippen molar-refractivity contribution in [3.05, 3.63) is 21.9 Å². The summed E-state index contributed by atoms with van der Waals surface area (Å²) < 4.78 is 0. The minimum Gasteiger partial charge on any atom is -0.392 e. The lowest BCUT2D eigenvalue weighted by molar-refractivity contribution is 0.0581. The normalized spacial score (nSPS) is 22.0. The number of rotatable bonds is 4. The zero-order valence-electron chi connectivity index (χ0n) is 11.9. The molecule has 1 aliphatic rings. The topological polar surface area (TPSA) is 20.2 Å². The van der Waals surface area contributed by atoms with E-state index in [9.17, 15) is 5.11 Å². The number of aliphatic hydroxyl groups excluding tert-OH is 1. The summed E-state index contributed by atoms with van der Waals surface area (Å²) in [6.45, 7) is 6.89. The van der Waals surface area contributed by atoms with Crippen LogP contribution in [0.2, 0.25) is 0 Å². The van der Waals surface area contributed by atoms with Gasteiger partial charge in [0, 0.05) is 16.2 Å². The van der Waals surface area contributed by atoms with Gasteiger partial charge in [-0.2, -0.15) is 0 Å². The van der Waals surface area contributed by atoms with Crippen molar-refractivity contribution in [2.24, 2.45) is 11.3 Å². The molecule has 0 spiro atoms. The van der Waals surface area contributed by atoms with Gasteiger partial charge in [-0.3, -0.25) is 0 Å². The summed E-state index contributed by atoms with van der Waals surface area (Å²) in [7, 11) is 0. The van der Waals surface area contributed by atoms with Crippen LogP contribution in [0.4, 0.5) is 0 Å². The Morgan fingerprint density at radius 3 is 2.44 bits per heavy atom. The number of aliphatic hydroxyl groups is 1. The molecule has 0 saturated heterocycles. The van der Waals surface area contributed by atoms with Crippen LogP contribution in [0.25, 0.3) is 0 Å². The monoisotopic (exact) mass is 266 g/mol. The summed E-state index contributed by atoms with van der Waals surface area (Å²) in [5.74, 6) is 0.519. The fourth-order valence-corrected chi connectivity index (χ4v) is 3.91. The minimum absolute atomic E-state index is 0.135. The predicted octanol–water partition coefficient (Wildman–Crippen LogP) is 4.43.